The van der Waals surface area contributed by atoms with E-state index in [1.54, 1.807) is 0 Å². The minimum Gasteiger partial charge on any atom is -0.364 e. The van der Waals surface area contributed by atoms with E-state index in [0.29, 0.717) is 6.54 Å². The molecule has 5 heteroatoms. The number of benzene rings is 1. The lowest BCUT2D eigenvalue weighted by atomic mass is 10.2. The van der Waals surface area contributed by atoms with Gasteiger partial charge in [-0.1, -0.05) is 18.2 Å². The van der Waals surface area contributed by atoms with Gasteiger partial charge >= 0.3 is 0 Å². The third-order valence-electron chi connectivity index (χ3n) is 3.51. The highest BCUT2D eigenvalue weighted by atomic mass is 79.9. The quantitative estimate of drug-likeness (QED) is 0.599. The average molecular weight is 353 g/mol. The molecular formula is C17H13BrN4. The molecule has 3 aromatic heterocycles. The summed E-state index contributed by atoms with van der Waals surface area (Å²) in [5.41, 5.74) is 2.91. The normalized spacial score (nSPS) is 11.1. The van der Waals surface area contributed by atoms with Crippen molar-refractivity contribution in [2.75, 3.05) is 5.32 Å². The predicted octanol–water partition coefficient (Wildman–Crippen LogP) is 4.26. The van der Waals surface area contributed by atoms with Crippen LogP contribution in [0.1, 0.15) is 5.69 Å². The number of nitrogens with one attached hydrogen (secondary N) is 1. The van der Waals surface area contributed by atoms with Crippen molar-refractivity contribution in [3.8, 4) is 0 Å². The van der Waals surface area contributed by atoms with E-state index in [1.165, 1.54) is 0 Å². The van der Waals surface area contributed by atoms with Crippen LogP contribution in [0.2, 0.25) is 0 Å². The molecule has 0 spiro atoms. The molecule has 0 aliphatic carbocycles. The van der Waals surface area contributed by atoms with Gasteiger partial charge in [-0.05, 0) is 46.3 Å². The Labute approximate surface area is 136 Å². The van der Waals surface area contributed by atoms with Gasteiger partial charge in [-0.3, -0.25) is 0 Å². The van der Waals surface area contributed by atoms with Gasteiger partial charge in [0, 0.05) is 22.3 Å². The highest BCUT2D eigenvalue weighted by molar-refractivity contribution is 9.10. The molecule has 3 heterocycles. The van der Waals surface area contributed by atoms with Crippen molar-refractivity contribution in [2.45, 2.75) is 6.54 Å². The maximum absolute atomic E-state index is 4.61. The number of anilines is 1. The third kappa shape index (κ3) is 2.55. The molecule has 4 nitrogen and oxygen atoms in total. The van der Waals surface area contributed by atoms with Crippen LogP contribution in [0.25, 0.3) is 16.6 Å². The van der Waals surface area contributed by atoms with Crippen molar-refractivity contribution >= 4 is 38.3 Å². The summed E-state index contributed by atoms with van der Waals surface area (Å²) in [6.45, 7) is 0.643. The number of hydrogen-bond acceptors (Lipinski definition) is 3. The lowest BCUT2D eigenvalue weighted by molar-refractivity contribution is 1.06. The number of rotatable bonds is 3. The molecule has 0 saturated heterocycles. The van der Waals surface area contributed by atoms with Gasteiger partial charge in [0.05, 0.1) is 17.8 Å². The molecule has 0 aliphatic heterocycles. The lowest BCUT2D eigenvalue weighted by Gasteiger charge is -2.04. The standard InChI is InChI=1S/C17H13BrN4/c18-13-6-8-17-20-14(11-22(17)10-13)9-19-16-7-5-12-3-1-2-4-15(12)21-16/h1-8,10-11H,9H2,(H,19,21). The van der Waals surface area contributed by atoms with Crippen molar-refractivity contribution < 1.29 is 0 Å². The van der Waals surface area contributed by atoms with Crippen molar-refractivity contribution in [3.63, 3.8) is 0 Å². The zero-order chi connectivity index (χ0) is 14.9. The van der Waals surface area contributed by atoms with Crippen LogP contribution in [-0.4, -0.2) is 14.4 Å². The first kappa shape index (κ1) is 13.3. The van der Waals surface area contributed by atoms with Gasteiger partial charge < -0.3 is 9.72 Å². The Balaban J connectivity index is 1.56. The SMILES string of the molecule is Brc1ccc2nc(CNc3ccc4ccccc4n3)cn2c1. The Kier molecular flexibility index (Phi) is 3.27. The average Bonchev–Trinajstić information content (AvgIpc) is 2.94. The number of para-hydroxylation sites is 1. The van der Waals surface area contributed by atoms with Gasteiger partial charge in [0.25, 0.3) is 0 Å². The number of halogens is 1. The van der Waals surface area contributed by atoms with Crippen LogP contribution in [0, 0.1) is 0 Å². The molecule has 0 amide bonds. The number of imidazole rings is 1. The molecule has 4 rings (SSSR count). The summed E-state index contributed by atoms with van der Waals surface area (Å²) >= 11 is 3.47. The molecule has 4 aromatic rings. The minimum absolute atomic E-state index is 0.643. The van der Waals surface area contributed by atoms with Crippen molar-refractivity contribution in [1.82, 2.24) is 14.4 Å². The Morgan fingerprint density at radius 1 is 0.955 bits per heavy atom. The Bertz CT molecular complexity index is 961. The fourth-order valence-electron chi connectivity index (χ4n) is 2.45. The summed E-state index contributed by atoms with van der Waals surface area (Å²) in [7, 11) is 0. The number of aromatic nitrogens is 3. The van der Waals surface area contributed by atoms with E-state index in [0.717, 1.165) is 32.5 Å². The number of hydrogen-bond donors (Lipinski definition) is 1. The van der Waals surface area contributed by atoms with Crippen LogP contribution in [0.3, 0.4) is 0 Å². The highest BCUT2D eigenvalue weighted by Crippen LogP contribution is 2.16. The first-order valence-corrected chi connectivity index (χ1v) is 7.80. The molecule has 0 aliphatic rings. The summed E-state index contributed by atoms with van der Waals surface area (Å²) in [4.78, 5) is 9.19. The summed E-state index contributed by atoms with van der Waals surface area (Å²) in [6, 6.07) is 16.1. The zero-order valence-electron chi connectivity index (χ0n) is 11.7. The van der Waals surface area contributed by atoms with Gasteiger partial charge in [0.2, 0.25) is 0 Å². The van der Waals surface area contributed by atoms with E-state index in [9.17, 15) is 0 Å². The first-order valence-electron chi connectivity index (χ1n) is 7.01. The van der Waals surface area contributed by atoms with Crippen molar-refractivity contribution in [1.29, 1.82) is 0 Å². The van der Waals surface area contributed by atoms with Crippen LogP contribution in [0.15, 0.2) is 65.4 Å². The first-order chi connectivity index (χ1) is 10.8. The van der Waals surface area contributed by atoms with E-state index in [2.05, 4.69) is 43.3 Å². The van der Waals surface area contributed by atoms with E-state index < -0.39 is 0 Å². The largest absolute Gasteiger partial charge is 0.364 e. The second kappa shape index (κ2) is 5.42. The number of fused-ring (bicyclic) bond motifs is 2. The third-order valence-corrected chi connectivity index (χ3v) is 3.98. The maximum Gasteiger partial charge on any atom is 0.137 e. The van der Waals surface area contributed by atoms with E-state index in [4.69, 9.17) is 0 Å². The molecule has 0 saturated carbocycles. The van der Waals surface area contributed by atoms with E-state index >= 15 is 0 Å². The number of nitrogens with zero attached hydrogens (tertiary/aromatic N) is 3. The molecule has 108 valence electrons. The zero-order valence-corrected chi connectivity index (χ0v) is 13.3. The van der Waals surface area contributed by atoms with Gasteiger partial charge in [0.1, 0.15) is 11.5 Å². The van der Waals surface area contributed by atoms with Gasteiger partial charge in [-0.15, -0.1) is 0 Å². The second-order valence-electron chi connectivity index (χ2n) is 5.09. The summed E-state index contributed by atoms with van der Waals surface area (Å²) in [6.07, 6.45) is 4.02. The van der Waals surface area contributed by atoms with Gasteiger partial charge in [0.15, 0.2) is 0 Å². The topological polar surface area (TPSA) is 42.2 Å². The minimum atomic E-state index is 0.643. The Morgan fingerprint density at radius 3 is 2.82 bits per heavy atom. The molecule has 22 heavy (non-hydrogen) atoms. The Morgan fingerprint density at radius 2 is 1.86 bits per heavy atom. The number of pyridine rings is 2. The molecule has 0 atom stereocenters. The predicted molar refractivity (Wildman–Crippen MR) is 92.0 cm³/mol. The monoisotopic (exact) mass is 352 g/mol. The molecule has 1 N–H and O–H groups in total. The van der Waals surface area contributed by atoms with Crippen LogP contribution < -0.4 is 5.32 Å². The molecule has 0 unspecified atom stereocenters. The summed E-state index contributed by atoms with van der Waals surface area (Å²) in [5.74, 6) is 0.858. The van der Waals surface area contributed by atoms with Crippen molar-refractivity contribution in [2.24, 2.45) is 0 Å². The van der Waals surface area contributed by atoms with Crippen LogP contribution in [0.4, 0.5) is 5.82 Å². The van der Waals surface area contributed by atoms with Crippen LogP contribution in [-0.2, 0) is 6.54 Å². The van der Waals surface area contributed by atoms with E-state index in [-0.39, 0.29) is 0 Å². The van der Waals surface area contributed by atoms with Crippen LogP contribution in [0.5, 0.6) is 0 Å². The van der Waals surface area contributed by atoms with Gasteiger partial charge in [-0.25, -0.2) is 9.97 Å². The summed E-state index contributed by atoms with van der Waals surface area (Å²) < 4.78 is 3.04. The summed E-state index contributed by atoms with van der Waals surface area (Å²) in [5, 5.41) is 4.47. The molecule has 0 radical (unpaired) electrons. The molecular weight excluding hydrogens is 340 g/mol. The molecule has 1 aromatic carbocycles. The molecule has 0 fully saturated rings. The second-order valence-corrected chi connectivity index (χ2v) is 6.00. The van der Waals surface area contributed by atoms with Crippen LogP contribution >= 0.6 is 15.9 Å². The molecule has 0 bridgehead atoms. The highest BCUT2D eigenvalue weighted by Gasteiger charge is 2.03. The van der Waals surface area contributed by atoms with Crippen molar-refractivity contribution in [3.05, 3.63) is 71.1 Å². The fourth-order valence-corrected chi connectivity index (χ4v) is 2.80. The fraction of sp³-hybridized carbons (Fsp3) is 0.0588. The van der Waals surface area contributed by atoms with Gasteiger partial charge in [-0.2, -0.15) is 0 Å². The lowest BCUT2D eigenvalue weighted by Crippen LogP contribution is -2.01. The Hall–Kier alpha value is -2.40. The maximum atomic E-state index is 4.61. The smallest absolute Gasteiger partial charge is 0.137 e. The van der Waals surface area contributed by atoms with E-state index in [1.807, 2.05) is 53.2 Å².